The molecule has 1 aromatic carbocycles. The molecule has 1 unspecified atom stereocenters. The Morgan fingerprint density at radius 1 is 1.27 bits per heavy atom. The molecule has 0 spiro atoms. The number of likely N-dealkylation sites (tertiary alicyclic amines) is 1. The van der Waals surface area contributed by atoms with Crippen LogP contribution in [0.15, 0.2) is 22.7 Å². The number of aryl methyl sites for hydroxylation is 4. The molecule has 2 aromatic rings. The van der Waals surface area contributed by atoms with Gasteiger partial charge < -0.3 is 4.52 Å². The predicted molar refractivity (Wildman–Crippen MR) is 88.9 cm³/mol. The molecule has 118 valence electrons. The zero-order chi connectivity index (χ0) is 15.7. The summed E-state index contributed by atoms with van der Waals surface area (Å²) in [6.07, 6.45) is 3.38. The van der Waals surface area contributed by atoms with Crippen molar-refractivity contribution in [3.63, 3.8) is 0 Å². The number of hydrogen-bond donors (Lipinski definition) is 0. The third-order valence-electron chi connectivity index (χ3n) is 4.87. The maximum Gasteiger partial charge on any atom is 0.141 e. The number of nitrogens with zero attached hydrogens (tertiary/aromatic N) is 2. The fraction of sp³-hybridized carbons (Fsp3) is 0.526. The molecule has 22 heavy (non-hydrogen) atoms. The zero-order valence-corrected chi connectivity index (χ0v) is 14.1. The van der Waals surface area contributed by atoms with E-state index in [0.717, 1.165) is 31.0 Å². The van der Waals surface area contributed by atoms with Gasteiger partial charge in [-0.15, -0.1) is 0 Å². The van der Waals surface area contributed by atoms with Crippen LogP contribution in [-0.2, 0) is 13.0 Å². The molecule has 1 aliphatic heterocycles. The average Bonchev–Trinajstić information content (AvgIpc) is 3.07. The van der Waals surface area contributed by atoms with Crippen molar-refractivity contribution in [2.75, 3.05) is 6.54 Å². The van der Waals surface area contributed by atoms with Crippen LogP contribution in [0.5, 0.6) is 0 Å². The van der Waals surface area contributed by atoms with Gasteiger partial charge >= 0.3 is 0 Å². The Morgan fingerprint density at radius 3 is 2.82 bits per heavy atom. The van der Waals surface area contributed by atoms with E-state index >= 15 is 0 Å². The lowest BCUT2D eigenvalue weighted by atomic mass is 10.00. The van der Waals surface area contributed by atoms with Crippen LogP contribution < -0.4 is 0 Å². The molecular weight excluding hydrogens is 272 g/mol. The van der Waals surface area contributed by atoms with Crippen molar-refractivity contribution in [3.05, 3.63) is 51.9 Å². The highest BCUT2D eigenvalue weighted by atomic mass is 16.5. The first-order chi connectivity index (χ1) is 10.6. The first-order valence-electron chi connectivity index (χ1n) is 8.35. The summed E-state index contributed by atoms with van der Waals surface area (Å²) in [6.45, 7) is 10.8. The summed E-state index contributed by atoms with van der Waals surface area (Å²) in [5, 5.41) is 4.20. The summed E-state index contributed by atoms with van der Waals surface area (Å²) in [5.74, 6) is 1.06. The highest BCUT2D eigenvalue weighted by molar-refractivity contribution is 5.32. The van der Waals surface area contributed by atoms with Gasteiger partial charge in [-0.3, -0.25) is 4.90 Å². The molecule has 3 heteroatoms. The molecule has 0 radical (unpaired) electrons. The van der Waals surface area contributed by atoms with E-state index in [1.807, 2.05) is 0 Å². The summed E-state index contributed by atoms with van der Waals surface area (Å²) in [4.78, 5) is 2.59. The maximum atomic E-state index is 5.52. The summed E-state index contributed by atoms with van der Waals surface area (Å²) in [7, 11) is 0. The minimum Gasteiger partial charge on any atom is -0.361 e. The fourth-order valence-corrected chi connectivity index (χ4v) is 3.69. The molecule has 1 atom stereocenters. The van der Waals surface area contributed by atoms with Gasteiger partial charge in [0.05, 0.1) is 5.69 Å². The zero-order valence-electron chi connectivity index (χ0n) is 14.1. The minimum atomic E-state index is 0.460. The molecule has 1 aromatic heterocycles. The molecule has 2 heterocycles. The van der Waals surface area contributed by atoms with Crippen LogP contribution in [-0.4, -0.2) is 16.6 Å². The van der Waals surface area contributed by atoms with Crippen molar-refractivity contribution >= 4 is 0 Å². The van der Waals surface area contributed by atoms with Gasteiger partial charge in [0.1, 0.15) is 5.76 Å². The van der Waals surface area contributed by atoms with E-state index in [1.165, 1.54) is 35.1 Å². The van der Waals surface area contributed by atoms with Gasteiger partial charge in [-0.2, -0.15) is 0 Å². The monoisotopic (exact) mass is 298 g/mol. The second-order valence-corrected chi connectivity index (χ2v) is 6.52. The van der Waals surface area contributed by atoms with E-state index in [2.05, 4.69) is 56.0 Å². The van der Waals surface area contributed by atoms with Crippen LogP contribution in [0.1, 0.15) is 59.5 Å². The average molecular weight is 298 g/mol. The Morgan fingerprint density at radius 2 is 2.09 bits per heavy atom. The lowest BCUT2D eigenvalue weighted by Crippen LogP contribution is -2.24. The fourth-order valence-electron chi connectivity index (χ4n) is 3.69. The number of hydrogen-bond acceptors (Lipinski definition) is 3. The molecule has 0 aliphatic carbocycles. The quantitative estimate of drug-likeness (QED) is 0.832. The van der Waals surface area contributed by atoms with Crippen molar-refractivity contribution in [3.8, 4) is 0 Å². The largest absolute Gasteiger partial charge is 0.361 e. The van der Waals surface area contributed by atoms with Crippen LogP contribution in [0, 0.1) is 20.8 Å². The molecule has 3 rings (SSSR count). The molecular formula is C19H26N2O. The number of benzene rings is 1. The predicted octanol–water partition coefficient (Wildman–Crippen LogP) is 4.50. The Kier molecular flexibility index (Phi) is 4.34. The van der Waals surface area contributed by atoms with Gasteiger partial charge in [0, 0.05) is 24.6 Å². The number of rotatable bonds is 4. The second-order valence-electron chi connectivity index (χ2n) is 6.52. The van der Waals surface area contributed by atoms with Gasteiger partial charge in [0.2, 0.25) is 0 Å². The standard InChI is InChI=1S/C19H26N2O/c1-5-18-19(15(4)20-22-18)17-7-6-10-21(17)12-16-9-8-13(2)11-14(16)3/h8-9,11,17H,5-7,10,12H2,1-4H3. The van der Waals surface area contributed by atoms with Crippen LogP contribution in [0.4, 0.5) is 0 Å². The Hall–Kier alpha value is -1.61. The second kappa shape index (κ2) is 6.25. The first-order valence-corrected chi connectivity index (χ1v) is 8.35. The normalized spacial score (nSPS) is 19.0. The highest BCUT2D eigenvalue weighted by Gasteiger charge is 2.31. The van der Waals surface area contributed by atoms with Gasteiger partial charge in [0.25, 0.3) is 0 Å². The van der Waals surface area contributed by atoms with Gasteiger partial charge in [-0.05, 0) is 51.3 Å². The number of aromatic nitrogens is 1. The Bertz CT molecular complexity index is 659. The van der Waals surface area contributed by atoms with Crippen molar-refractivity contribution in [2.24, 2.45) is 0 Å². The van der Waals surface area contributed by atoms with Gasteiger partial charge in [-0.25, -0.2) is 0 Å². The first kappa shape index (κ1) is 15.3. The third kappa shape index (κ3) is 2.82. The van der Waals surface area contributed by atoms with Crippen molar-refractivity contribution in [1.29, 1.82) is 0 Å². The molecule has 3 nitrogen and oxygen atoms in total. The van der Waals surface area contributed by atoms with Crippen LogP contribution in [0.3, 0.4) is 0 Å². The van der Waals surface area contributed by atoms with Gasteiger partial charge in [-0.1, -0.05) is 35.8 Å². The third-order valence-corrected chi connectivity index (χ3v) is 4.87. The highest BCUT2D eigenvalue weighted by Crippen LogP contribution is 2.37. The molecule has 0 bridgehead atoms. The minimum absolute atomic E-state index is 0.460. The van der Waals surface area contributed by atoms with E-state index < -0.39 is 0 Å². The Balaban J connectivity index is 1.85. The van der Waals surface area contributed by atoms with Crippen molar-refractivity contribution < 1.29 is 4.52 Å². The van der Waals surface area contributed by atoms with E-state index in [0.29, 0.717) is 6.04 Å². The summed E-state index contributed by atoms with van der Waals surface area (Å²) < 4.78 is 5.52. The molecule has 0 amide bonds. The molecule has 1 aliphatic rings. The molecule has 1 fully saturated rings. The molecule has 0 saturated carbocycles. The lowest BCUT2D eigenvalue weighted by Gasteiger charge is -2.25. The van der Waals surface area contributed by atoms with E-state index in [9.17, 15) is 0 Å². The van der Waals surface area contributed by atoms with Crippen LogP contribution in [0.2, 0.25) is 0 Å². The van der Waals surface area contributed by atoms with E-state index in [4.69, 9.17) is 4.52 Å². The van der Waals surface area contributed by atoms with Gasteiger partial charge in [0.15, 0.2) is 0 Å². The maximum absolute atomic E-state index is 5.52. The topological polar surface area (TPSA) is 29.3 Å². The lowest BCUT2D eigenvalue weighted by molar-refractivity contribution is 0.244. The van der Waals surface area contributed by atoms with Crippen LogP contribution in [0.25, 0.3) is 0 Å². The van der Waals surface area contributed by atoms with Crippen molar-refractivity contribution in [2.45, 2.75) is 59.5 Å². The van der Waals surface area contributed by atoms with E-state index in [1.54, 1.807) is 0 Å². The van der Waals surface area contributed by atoms with E-state index in [-0.39, 0.29) is 0 Å². The Labute approximate surface area is 133 Å². The van der Waals surface area contributed by atoms with Crippen LogP contribution >= 0.6 is 0 Å². The molecule has 0 N–H and O–H groups in total. The molecule has 1 saturated heterocycles. The smallest absolute Gasteiger partial charge is 0.141 e. The van der Waals surface area contributed by atoms with Crippen molar-refractivity contribution in [1.82, 2.24) is 10.1 Å². The summed E-state index contributed by atoms with van der Waals surface area (Å²) in [6, 6.07) is 7.24. The SMILES string of the molecule is CCc1onc(C)c1C1CCCN1Cc1ccc(C)cc1C. The summed E-state index contributed by atoms with van der Waals surface area (Å²) >= 11 is 0. The summed E-state index contributed by atoms with van der Waals surface area (Å²) in [5.41, 5.74) is 6.56.